The van der Waals surface area contributed by atoms with Gasteiger partial charge in [0.25, 0.3) is 0 Å². The quantitative estimate of drug-likeness (QED) is 0.844. The molecule has 1 aromatic carbocycles. The predicted octanol–water partition coefficient (Wildman–Crippen LogP) is 1.03. The molecule has 0 amide bonds. The topological polar surface area (TPSA) is 56.3 Å². The van der Waals surface area contributed by atoms with Crippen molar-refractivity contribution in [2.45, 2.75) is 19.0 Å². The monoisotopic (exact) mass is 244 g/mol. The summed E-state index contributed by atoms with van der Waals surface area (Å²) in [6, 6.07) is 10.8. The fourth-order valence-electron chi connectivity index (χ4n) is 2.62. The van der Waals surface area contributed by atoms with Gasteiger partial charge in [0.1, 0.15) is 6.07 Å². The van der Waals surface area contributed by atoms with E-state index in [9.17, 15) is 5.26 Å². The molecule has 0 radical (unpaired) electrons. The van der Waals surface area contributed by atoms with Crippen LogP contribution in [0.15, 0.2) is 24.3 Å². The van der Waals surface area contributed by atoms with Crippen molar-refractivity contribution >= 4 is 5.69 Å². The van der Waals surface area contributed by atoms with E-state index in [1.165, 1.54) is 0 Å². The molecule has 1 saturated heterocycles. The molecule has 0 spiro atoms. The van der Waals surface area contributed by atoms with Crippen molar-refractivity contribution in [2.75, 3.05) is 31.6 Å². The number of anilines is 1. The number of nitrogens with zero attached hydrogens (tertiary/aromatic N) is 3. The van der Waals surface area contributed by atoms with Crippen LogP contribution in [-0.2, 0) is 0 Å². The van der Waals surface area contributed by atoms with Crippen LogP contribution in [0.3, 0.4) is 0 Å². The molecule has 1 aromatic rings. The lowest BCUT2D eigenvalue weighted by Gasteiger charge is -2.44. The zero-order valence-electron chi connectivity index (χ0n) is 11.0. The van der Waals surface area contributed by atoms with Gasteiger partial charge in [-0.1, -0.05) is 12.1 Å². The van der Waals surface area contributed by atoms with Gasteiger partial charge in [-0.25, -0.2) is 0 Å². The second-order valence-electron chi connectivity index (χ2n) is 4.96. The highest BCUT2D eigenvalue weighted by atomic mass is 15.3. The molecule has 1 aliphatic rings. The van der Waals surface area contributed by atoms with E-state index >= 15 is 0 Å². The Morgan fingerprint density at radius 2 is 2.11 bits per heavy atom. The highest BCUT2D eigenvalue weighted by Crippen LogP contribution is 2.25. The molecule has 96 valence electrons. The lowest BCUT2D eigenvalue weighted by molar-refractivity contribution is 0.197. The standard InChI is InChI=1S/C14H20N4/c1-11-9-17(2)13(8-16)10-18(11)14-6-4-3-5-12(14)7-15/h3-6,11,13H,8-10,16H2,1-2H3. The summed E-state index contributed by atoms with van der Waals surface area (Å²) in [6.07, 6.45) is 0. The number of para-hydroxylation sites is 1. The van der Waals surface area contributed by atoms with Crippen LogP contribution in [0.5, 0.6) is 0 Å². The van der Waals surface area contributed by atoms with E-state index in [1.807, 2.05) is 24.3 Å². The Hall–Kier alpha value is -1.57. The van der Waals surface area contributed by atoms with Gasteiger partial charge in [0.15, 0.2) is 0 Å². The number of rotatable bonds is 2. The molecule has 2 atom stereocenters. The third kappa shape index (κ3) is 2.33. The number of nitrogens with two attached hydrogens (primary N) is 1. The summed E-state index contributed by atoms with van der Waals surface area (Å²) in [6.45, 7) is 4.69. The van der Waals surface area contributed by atoms with E-state index in [-0.39, 0.29) is 0 Å². The van der Waals surface area contributed by atoms with E-state index in [0.29, 0.717) is 18.6 Å². The largest absolute Gasteiger partial charge is 0.365 e. The van der Waals surface area contributed by atoms with Crippen molar-refractivity contribution in [1.82, 2.24) is 4.90 Å². The Morgan fingerprint density at radius 3 is 2.78 bits per heavy atom. The Balaban J connectivity index is 2.29. The Kier molecular flexibility index (Phi) is 3.85. The molecule has 0 saturated carbocycles. The number of nitriles is 1. The summed E-state index contributed by atoms with van der Waals surface area (Å²) in [5.74, 6) is 0. The molecule has 4 nitrogen and oxygen atoms in total. The molecule has 4 heteroatoms. The maximum atomic E-state index is 9.20. The summed E-state index contributed by atoms with van der Waals surface area (Å²) >= 11 is 0. The number of hydrogen-bond acceptors (Lipinski definition) is 4. The Bertz CT molecular complexity index is 451. The Labute approximate surface area is 109 Å². The van der Waals surface area contributed by atoms with E-state index in [1.54, 1.807) is 0 Å². The van der Waals surface area contributed by atoms with E-state index in [4.69, 9.17) is 5.73 Å². The van der Waals surface area contributed by atoms with Gasteiger partial charge in [0.2, 0.25) is 0 Å². The Morgan fingerprint density at radius 1 is 1.39 bits per heavy atom. The van der Waals surface area contributed by atoms with E-state index < -0.39 is 0 Å². The van der Waals surface area contributed by atoms with Gasteiger partial charge in [-0.3, -0.25) is 4.90 Å². The minimum Gasteiger partial charge on any atom is -0.365 e. The molecule has 1 aliphatic heterocycles. The van der Waals surface area contributed by atoms with Gasteiger partial charge < -0.3 is 10.6 Å². The van der Waals surface area contributed by atoms with Crippen LogP contribution < -0.4 is 10.6 Å². The van der Waals surface area contributed by atoms with Crippen molar-refractivity contribution in [3.8, 4) is 6.07 Å². The number of piperazine rings is 1. The van der Waals surface area contributed by atoms with Crippen LogP contribution in [0.1, 0.15) is 12.5 Å². The molecule has 1 fully saturated rings. The van der Waals surface area contributed by atoms with Gasteiger partial charge in [-0.15, -0.1) is 0 Å². The van der Waals surface area contributed by atoms with Crippen LogP contribution in [0.25, 0.3) is 0 Å². The molecule has 18 heavy (non-hydrogen) atoms. The van der Waals surface area contributed by atoms with Crippen molar-refractivity contribution < 1.29 is 0 Å². The number of likely N-dealkylation sites (N-methyl/N-ethyl adjacent to an activating group) is 1. The number of benzene rings is 1. The van der Waals surface area contributed by atoms with Crippen molar-refractivity contribution in [1.29, 1.82) is 5.26 Å². The van der Waals surface area contributed by atoms with Crippen LogP contribution >= 0.6 is 0 Å². The average molecular weight is 244 g/mol. The van der Waals surface area contributed by atoms with E-state index in [2.05, 4.69) is 29.8 Å². The normalized spacial score (nSPS) is 24.9. The summed E-state index contributed by atoms with van der Waals surface area (Å²) in [7, 11) is 2.11. The van der Waals surface area contributed by atoms with Gasteiger partial charge in [0, 0.05) is 31.7 Å². The van der Waals surface area contributed by atoms with Crippen molar-refractivity contribution in [3.63, 3.8) is 0 Å². The van der Waals surface area contributed by atoms with E-state index in [0.717, 1.165) is 24.3 Å². The summed E-state index contributed by atoms with van der Waals surface area (Å²) < 4.78 is 0. The minimum atomic E-state index is 0.355. The summed E-state index contributed by atoms with van der Waals surface area (Å²) in [4.78, 5) is 4.60. The van der Waals surface area contributed by atoms with Crippen molar-refractivity contribution in [2.24, 2.45) is 5.73 Å². The first-order valence-electron chi connectivity index (χ1n) is 6.33. The van der Waals surface area contributed by atoms with Gasteiger partial charge in [-0.2, -0.15) is 5.26 Å². The van der Waals surface area contributed by atoms with Crippen LogP contribution in [-0.4, -0.2) is 43.7 Å². The molecule has 2 N–H and O–H groups in total. The molecule has 2 rings (SSSR count). The van der Waals surface area contributed by atoms with Crippen molar-refractivity contribution in [3.05, 3.63) is 29.8 Å². The number of hydrogen-bond donors (Lipinski definition) is 1. The first kappa shape index (κ1) is 12.9. The molecule has 0 aromatic heterocycles. The molecular formula is C14H20N4. The maximum Gasteiger partial charge on any atom is 0.101 e. The van der Waals surface area contributed by atoms with Gasteiger partial charge in [-0.05, 0) is 26.1 Å². The zero-order chi connectivity index (χ0) is 13.1. The second-order valence-corrected chi connectivity index (χ2v) is 4.96. The smallest absolute Gasteiger partial charge is 0.101 e. The third-order valence-electron chi connectivity index (χ3n) is 3.72. The fourth-order valence-corrected chi connectivity index (χ4v) is 2.62. The molecule has 0 aliphatic carbocycles. The molecule has 2 unspecified atom stereocenters. The van der Waals surface area contributed by atoms with Gasteiger partial charge >= 0.3 is 0 Å². The average Bonchev–Trinajstić information content (AvgIpc) is 2.39. The third-order valence-corrected chi connectivity index (χ3v) is 3.72. The van der Waals surface area contributed by atoms with Crippen LogP contribution in [0.2, 0.25) is 0 Å². The first-order chi connectivity index (χ1) is 8.67. The lowest BCUT2D eigenvalue weighted by Crippen LogP contribution is -2.58. The highest BCUT2D eigenvalue weighted by Gasteiger charge is 2.29. The van der Waals surface area contributed by atoms with Gasteiger partial charge in [0.05, 0.1) is 11.3 Å². The lowest BCUT2D eigenvalue weighted by atomic mass is 10.0. The molecular weight excluding hydrogens is 224 g/mol. The maximum absolute atomic E-state index is 9.20. The van der Waals surface area contributed by atoms with Crippen LogP contribution in [0.4, 0.5) is 5.69 Å². The predicted molar refractivity (Wildman–Crippen MR) is 73.4 cm³/mol. The van der Waals surface area contributed by atoms with Crippen LogP contribution in [0, 0.1) is 11.3 Å². The highest BCUT2D eigenvalue weighted by molar-refractivity contribution is 5.60. The SMILES string of the molecule is CC1CN(C)C(CN)CN1c1ccccc1C#N. The molecule has 1 heterocycles. The second kappa shape index (κ2) is 5.38. The summed E-state index contributed by atoms with van der Waals surface area (Å²) in [5.41, 5.74) is 7.58. The molecule has 0 bridgehead atoms. The fraction of sp³-hybridized carbons (Fsp3) is 0.500. The summed E-state index contributed by atoms with van der Waals surface area (Å²) in [5, 5.41) is 9.20. The first-order valence-corrected chi connectivity index (χ1v) is 6.33. The zero-order valence-corrected chi connectivity index (χ0v) is 11.0. The minimum absolute atomic E-state index is 0.355.